The first kappa shape index (κ1) is 18.3. The Bertz CT molecular complexity index is 820. The van der Waals surface area contributed by atoms with Crippen molar-refractivity contribution in [1.29, 1.82) is 0 Å². The smallest absolute Gasteiger partial charge is 0.258 e. The Morgan fingerprint density at radius 2 is 1.92 bits per heavy atom. The third kappa shape index (κ3) is 4.35. The van der Waals surface area contributed by atoms with Gasteiger partial charge < -0.3 is 15.0 Å². The maximum atomic E-state index is 12.3. The van der Waals surface area contributed by atoms with Crippen LogP contribution in [0.3, 0.4) is 0 Å². The Hall–Kier alpha value is -2.53. The minimum Gasteiger partial charge on any atom is -0.484 e. The summed E-state index contributed by atoms with van der Waals surface area (Å²) < 4.78 is 5.43. The fraction of sp³-hybridized carbons (Fsp3) is 0.300. The zero-order valence-corrected chi connectivity index (χ0v) is 15.5. The van der Waals surface area contributed by atoms with Crippen LogP contribution < -0.4 is 15.0 Å². The molecule has 136 valence electrons. The van der Waals surface area contributed by atoms with E-state index in [1.807, 2.05) is 32.0 Å². The fourth-order valence-corrected chi connectivity index (χ4v) is 3.02. The Balaban J connectivity index is 1.54. The van der Waals surface area contributed by atoms with Gasteiger partial charge in [0.15, 0.2) is 6.61 Å². The fourth-order valence-electron chi connectivity index (χ4n) is 2.90. The van der Waals surface area contributed by atoms with Crippen molar-refractivity contribution in [3.8, 4) is 5.75 Å². The quantitative estimate of drug-likeness (QED) is 0.876. The molecule has 2 amide bonds. The van der Waals surface area contributed by atoms with Crippen molar-refractivity contribution < 1.29 is 14.3 Å². The van der Waals surface area contributed by atoms with Crippen molar-refractivity contribution >= 4 is 29.1 Å². The van der Waals surface area contributed by atoms with Crippen LogP contribution in [0, 0.1) is 13.8 Å². The van der Waals surface area contributed by atoms with E-state index in [9.17, 15) is 9.59 Å². The van der Waals surface area contributed by atoms with Gasteiger partial charge in [0.25, 0.3) is 5.91 Å². The summed E-state index contributed by atoms with van der Waals surface area (Å²) in [6.07, 6.45) is 0.291. The van der Waals surface area contributed by atoms with Crippen LogP contribution in [0.2, 0.25) is 5.02 Å². The van der Waals surface area contributed by atoms with Gasteiger partial charge in [-0.15, -0.1) is 0 Å². The first-order chi connectivity index (χ1) is 12.4. The lowest BCUT2D eigenvalue weighted by Gasteiger charge is -2.18. The predicted octanol–water partition coefficient (Wildman–Crippen LogP) is 3.26. The van der Waals surface area contributed by atoms with Crippen LogP contribution in [0.4, 0.5) is 5.69 Å². The van der Waals surface area contributed by atoms with E-state index in [0.717, 1.165) is 11.3 Å². The van der Waals surface area contributed by atoms with Gasteiger partial charge in [0.2, 0.25) is 5.91 Å². The number of nitrogens with one attached hydrogen (secondary N) is 1. The molecule has 0 unspecified atom stereocenters. The van der Waals surface area contributed by atoms with Crippen LogP contribution in [0.1, 0.15) is 17.5 Å². The molecule has 0 radical (unpaired) electrons. The minimum atomic E-state index is -0.250. The van der Waals surface area contributed by atoms with E-state index in [1.165, 1.54) is 5.56 Å². The molecule has 0 spiro atoms. The van der Waals surface area contributed by atoms with E-state index in [-0.39, 0.29) is 24.5 Å². The molecule has 0 aromatic heterocycles. The van der Waals surface area contributed by atoms with E-state index in [2.05, 4.69) is 5.32 Å². The average Bonchev–Trinajstić information content (AvgIpc) is 2.97. The Morgan fingerprint density at radius 3 is 2.62 bits per heavy atom. The maximum Gasteiger partial charge on any atom is 0.258 e. The van der Waals surface area contributed by atoms with E-state index in [0.29, 0.717) is 23.7 Å². The number of halogens is 1. The van der Waals surface area contributed by atoms with Crippen molar-refractivity contribution in [2.45, 2.75) is 26.3 Å². The number of benzene rings is 2. The Morgan fingerprint density at radius 1 is 1.19 bits per heavy atom. The SMILES string of the molecule is Cc1ccc(N2C[C@H](NC(=O)COc3ccc(Cl)cc3)CC2=O)cc1C. The van der Waals surface area contributed by atoms with Crippen LogP contribution in [-0.2, 0) is 9.59 Å². The number of ether oxygens (including phenoxy) is 1. The van der Waals surface area contributed by atoms with Crippen LogP contribution in [0.15, 0.2) is 42.5 Å². The highest BCUT2D eigenvalue weighted by Crippen LogP contribution is 2.24. The van der Waals surface area contributed by atoms with Gasteiger partial charge in [0.1, 0.15) is 5.75 Å². The van der Waals surface area contributed by atoms with Gasteiger partial charge in [0.05, 0.1) is 6.04 Å². The lowest BCUT2D eigenvalue weighted by molar-refractivity contribution is -0.123. The van der Waals surface area contributed by atoms with Gasteiger partial charge in [-0.2, -0.15) is 0 Å². The number of carbonyl (C=O) groups excluding carboxylic acids is 2. The second-order valence-electron chi connectivity index (χ2n) is 6.48. The van der Waals surface area contributed by atoms with Crippen LogP contribution in [0.25, 0.3) is 0 Å². The summed E-state index contributed by atoms with van der Waals surface area (Å²) in [6.45, 7) is 4.42. The van der Waals surface area contributed by atoms with Gasteiger partial charge >= 0.3 is 0 Å². The normalized spacial score (nSPS) is 16.7. The number of hydrogen-bond donors (Lipinski definition) is 1. The lowest BCUT2D eigenvalue weighted by Crippen LogP contribution is -2.39. The van der Waals surface area contributed by atoms with E-state index < -0.39 is 0 Å². The van der Waals surface area contributed by atoms with Crippen LogP contribution in [0.5, 0.6) is 5.75 Å². The van der Waals surface area contributed by atoms with Gasteiger partial charge in [-0.25, -0.2) is 0 Å². The highest BCUT2D eigenvalue weighted by Gasteiger charge is 2.31. The molecule has 0 saturated carbocycles. The lowest BCUT2D eigenvalue weighted by atomic mass is 10.1. The monoisotopic (exact) mass is 372 g/mol. The molecule has 2 aromatic rings. The molecule has 3 rings (SSSR count). The first-order valence-electron chi connectivity index (χ1n) is 8.48. The summed E-state index contributed by atoms with van der Waals surface area (Å²) in [4.78, 5) is 26.1. The average molecular weight is 373 g/mol. The summed E-state index contributed by atoms with van der Waals surface area (Å²) in [7, 11) is 0. The number of aryl methyl sites for hydroxylation is 2. The third-order valence-corrected chi connectivity index (χ3v) is 4.73. The molecular formula is C20H21ClN2O3. The zero-order valence-electron chi connectivity index (χ0n) is 14.8. The molecular weight excluding hydrogens is 352 g/mol. The Labute approximate surface area is 157 Å². The van der Waals surface area contributed by atoms with Gasteiger partial charge in [-0.05, 0) is 61.4 Å². The largest absolute Gasteiger partial charge is 0.484 e. The highest BCUT2D eigenvalue weighted by molar-refractivity contribution is 6.30. The van der Waals surface area contributed by atoms with Gasteiger partial charge in [-0.1, -0.05) is 17.7 Å². The van der Waals surface area contributed by atoms with E-state index >= 15 is 0 Å². The number of amides is 2. The summed E-state index contributed by atoms with van der Waals surface area (Å²) >= 11 is 5.81. The predicted molar refractivity (Wildman–Crippen MR) is 102 cm³/mol. The summed E-state index contributed by atoms with van der Waals surface area (Å²) in [6, 6.07) is 12.5. The molecule has 1 aliphatic rings. The molecule has 5 nitrogen and oxygen atoms in total. The molecule has 2 aromatic carbocycles. The first-order valence-corrected chi connectivity index (χ1v) is 8.85. The second kappa shape index (κ2) is 7.79. The van der Waals surface area contributed by atoms with Crippen molar-refractivity contribution in [3.05, 3.63) is 58.6 Å². The number of nitrogens with zero attached hydrogens (tertiary/aromatic N) is 1. The van der Waals surface area contributed by atoms with Crippen LogP contribution >= 0.6 is 11.6 Å². The summed E-state index contributed by atoms with van der Waals surface area (Å²) in [5.74, 6) is 0.334. The minimum absolute atomic E-state index is 0.0113. The zero-order chi connectivity index (χ0) is 18.7. The molecule has 1 aliphatic heterocycles. The maximum absolute atomic E-state index is 12.3. The van der Waals surface area contributed by atoms with Crippen molar-refractivity contribution in [3.63, 3.8) is 0 Å². The highest BCUT2D eigenvalue weighted by atomic mass is 35.5. The molecule has 1 N–H and O–H groups in total. The number of anilines is 1. The number of rotatable bonds is 5. The number of carbonyl (C=O) groups is 2. The van der Waals surface area contributed by atoms with Crippen molar-refractivity contribution in [1.82, 2.24) is 5.32 Å². The molecule has 1 fully saturated rings. The number of hydrogen-bond acceptors (Lipinski definition) is 3. The van der Waals surface area contributed by atoms with Crippen LogP contribution in [-0.4, -0.2) is 31.0 Å². The van der Waals surface area contributed by atoms with Crippen molar-refractivity contribution in [2.24, 2.45) is 0 Å². The van der Waals surface area contributed by atoms with Gasteiger partial charge in [-0.3, -0.25) is 9.59 Å². The van der Waals surface area contributed by atoms with E-state index in [4.69, 9.17) is 16.3 Å². The molecule has 0 aliphatic carbocycles. The Kier molecular flexibility index (Phi) is 5.47. The van der Waals surface area contributed by atoms with E-state index in [1.54, 1.807) is 29.2 Å². The molecule has 1 saturated heterocycles. The molecule has 0 bridgehead atoms. The summed E-state index contributed by atoms with van der Waals surface area (Å²) in [5.41, 5.74) is 3.19. The molecule has 1 heterocycles. The van der Waals surface area contributed by atoms with Gasteiger partial charge in [0, 0.05) is 23.7 Å². The second-order valence-corrected chi connectivity index (χ2v) is 6.92. The molecule has 26 heavy (non-hydrogen) atoms. The molecule has 6 heteroatoms. The topological polar surface area (TPSA) is 58.6 Å². The summed E-state index contributed by atoms with van der Waals surface area (Å²) in [5, 5.41) is 3.47. The third-order valence-electron chi connectivity index (χ3n) is 4.48. The molecule has 1 atom stereocenters. The van der Waals surface area contributed by atoms with Crippen molar-refractivity contribution in [2.75, 3.05) is 18.1 Å². The standard InChI is InChI=1S/C20H21ClN2O3/c1-13-3-6-17(9-14(13)2)23-11-16(10-20(23)25)22-19(24)12-26-18-7-4-15(21)5-8-18/h3-9,16H,10-12H2,1-2H3,(H,22,24)/t16-/m1/s1.